The lowest BCUT2D eigenvalue weighted by Gasteiger charge is -2.22. The normalized spacial score (nSPS) is 12.7. The predicted octanol–water partition coefficient (Wildman–Crippen LogP) is 2.76. The van der Waals surface area contributed by atoms with E-state index in [9.17, 15) is 14.7 Å². The highest BCUT2D eigenvalue weighted by Crippen LogP contribution is 2.14. The fourth-order valence-corrected chi connectivity index (χ4v) is 2.11. The van der Waals surface area contributed by atoms with Crippen molar-refractivity contribution in [1.29, 1.82) is 0 Å². The van der Waals surface area contributed by atoms with Crippen LogP contribution in [0.1, 0.15) is 26.3 Å². The number of alkyl carbamates (subject to hydrolysis) is 1. The maximum Gasteiger partial charge on any atom is 0.408 e. The third kappa shape index (κ3) is 4.95. The molecule has 0 spiro atoms. The van der Waals surface area contributed by atoms with Gasteiger partial charge >= 0.3 is 12.1 Å². The van der Waals surface area contributed by atoms with E-state index in [1.807, 2.05) is 30.3 Å². The number of amides is 1. The molecule has 0 bridgehead atoms. The summed E-state index contributed by atoms with van der Waals surface area (Å²) in [5.74, 6) is -1.12. The second-order valence-electron chi connectivity index (χ2n) is 6.28. The number of para-hydroxylation sites is 1. The van der Waals surface area contributed by atoms with Crippen LogP contribution in [0, 0.1) is 0 Å². The summed E-state index contributed by atoms with van der Waals surface area (Å²) in [6.45, 7) is 5.15. The SMILES string of the molecule is CC(C)(C)OC(=O)NC(Cc1cnc2ccccc2c1)C(=O)O. The maximum absolute atomic E-state index is 11.8. The van der Waals surface area contributed by atoms with Gasteiger partial charge in [-0.3, -0.25) is 4.98 Å². The zero-order chi connectivity index (χ0) is 17.0. The Hall–Kier alpha value is -2.63. The van der Waals surface area contributed by atoms with Crippen molar-refractivity contribution in [3.05, 3.63) is 42.1 Å². The molecule has 0 saturated carbocycles. The van der Waals surface area contributed by atoms with E-state index in [1.54, 1.807) is 27.0 Å². The Labute approximate surface area is 134 Å². The molecule has 122 valence electrons. The fraction of sp³-hybridized carbons (Fsp3) is 0.353. The van der Waals surface area contributed by atoms with Gasteiger partial charge in [0, 0.05) is 18.0 Å². The van der Waals surface area contributed by atoms with Crippen LogP contribution < -0.4 is 5.32 Å². The Kier molecular flexibility index (Phi) is 4.83. The van der Waals surface area contributed by atoms with E-state index >= 15 is 0 Å². The zero-order valence-corrected chi connectivity index (χ0v) is 13.4. The van der Waals surface area contributed by atoms with Crippen LogP contribution in [0.5, 0.6) is 0 Å². The molecule has 6 heteroatoms. The van der Waals surface area contributed by atoms with Crippen molar-refractivity contribution in [2.75, 3.05) is 0 Å². The summed E-state index contributed by atoms with van der Waals surface area (Å²) in [4.78, 5) is 27.4. The summed E-state index contributed by atoms with van der Waals surface area (Å²) >= 11 is 0. The molecule has 2 aromatic rings. The summed E-state index contributed by atoms with van der Waals surface area (Å²) in [5, 5.41) is 12.6. The van der Waals surface area contributed by atoms with Gasteiger partial charge in [-0.1, -0.05) is 18.2 Å². The van der Waals surface area contributed by atoms with Crippen molar-refractivity contribution in [2.45, 2.75) is 38.8 Å². The molecule has 0 aliphatic heterocycles. The number of rotatable bonds is 4. The van der Waals surface area contributed by atoms with E-state index in [1.165, 1.54) is 0 Å². The van der Waals surface area contributed by atoms with Crippen molar-refractivity contribution in [3.63, 3.8) is 0 Å². The van der Waals surface area contributed by atoms with E-state index < -0.39 is 23.7 Å². The number of carboxylic acid groups (broad SMARTS) is 1. The Morgan fingerprint density at radius 2 is 2.00 bits per heavy atom. The number of nitrogens with zero attached hydrogens (tertiary/aromatic N) is 1. The number of ether oxygens (including phenoxy) is 1. The van der Waals surface area contributed by atoms with Crippen molar-refractivity contribution < 1.29 is 19.4 Å². The molecule has 2 rings (SSSR count). The number of carboxylic acids is 1. The smallest absolute Gasteiger partial charge is 0.408 e. The van der Waals surface area contributed by atoms with E-state index in [4.69, 9.17) is 4.74 Å². The van der Waals surface area contributed by atoms with E-state index in [0.717, 1.165) is 16.5 Å². The average Bonchev–Trinajstić information content (AvgIpc) is 2.44. The fourth-order valence-electron chi connectivity index (χ4n) is 2.11. The number of carbonyl (C=O) groups excluding carboxylic acids is 1. The minimum Gasteiger partial charge on any atom is -0.480 e. The van der Waals surface area contributed by atoms with Crippen LogP contribution in [0.3, 0.4) is 0 Å². The number of nitrogens with one attached hydrogen (secondary N) is 1. The van der Waals surface area contributed by atoms with Gasteiger partial charge in [-0.25, -0.2) is 9.59 Å². The van der Waals surface area contributed by atoms with Gasteiger partial charge in [0.25, 0.3) is 0 Å². The lowest BCUT2D eigenvalue weighted by Crippen LogP contribution is -2.44. The van der Waals surface area contributed by atoms with E-state index in [-0.39, 0.29) is 6.42 Å². The first-order chi connectivity index (χ1) is 10.7. The van der Waals surface area contributed by atoms with E-state index in [2.05, 4.69) is 10.3 Å². The highest BCUT2D eigenvalue weighted by Gasteiger charge is 2.24. The molecule has 1 unspecified atom stereocenters. The molecule has 1 heterocycles. The quantitative estimate of drug-likeness (QED) is 0.905. The number of aromatic nitrogens is 1. The van der Waals surface area contributed by atoms with Gasteiger partial charge in [0.15, 0.2) is 0 Å². The minimum absolute atomic E-state index is 0.131. The van der Waals surface area contributed by atoms with Gasteiger partial charge in [-0.05, 0) is 38.5 Å². The molecule has 0 fully saturated rings. The van der Waals surface area contributed by atoms with Crippen LogP contribution in [0.4, 0.5) is 4.79 Å². The number of hydrogen-bond acceptors (Lipinski definition) is 4. The highest BCUT2D eigenvalue weighted by molar-refractivity contribution is 5.81. The lowest BCUT2D eigenvalue weighted by molar-refractivity contribution is -0.139. The second-order valence-corrected chi connectivity index (χ2v) is 6.28. The van der Waals surface area contributed by atoms with Crippen molar-refractivity contribution >= 4 is 23.0 Å². The van der Waals surface area contributed by atoms with Gasteiger partial charge in [0.2, 0.25) is 0 Å². The van der Waals surface area contributed by atoms with Crippen LogP contribution in [0.25, 0.3) is 10.9 Å². The Balaban J connectivity index is 2.11. The monoisotopic (exact) mass is 316 g/mol. The molecule has 0 aliphatic carbocycles. The standard InChI is InChI=1S/C17H20N2O4/c1-17(2,3)23-16(22)19-14(15(20)21)9-11-8-12-6-4-5-7-13(12)18-10-11/h4-8,10,14H,9H2,1-3H3,(H,19,22)(H,20,21). The average molecular weight is 316 g/mol. The minimum atomic E-state index is -1.12. The third-order valence-electron chi connectivity index (χ3n) is 3.08. The number of carbonyl (C=O) groups is 2. The van der Waals surface area contributed by atoms with E-state index in [0.29, 0.717) is 0 Å². The zero-order valence-electron chi connectivity index (χ0n) is 13.4. The number of benzene rings is 1. The summed E-state index contributed by atoms with van der Waals surface area (Å²) < 4.78 is 5.10. The van der Waals surface area contributed by atoms with Crippen molar-refractivity contribution in [2.24, 2.45) is 0 Å². The summed E-state index contributed by atoms with van der Waals surface area (Å²) in [7, 11) is 0. The predicted molar refractivity (Wildman–Crippen MR) is 86.2 cm³/mol. The number of hydrogen-bond donors (Lipinski definition) is 2. The van der Waals surface area contributed by atoms with Gasteiger partial charge in [-0.15, -0.1) is 0 Å². The first-order valence-corrected chi connectivity index (χ1v) is 7.30. The molecule has 2 N–H and O–H groups in total. The van der Waals surface area contributed by atoms with Crippen molar-refractivity contribution in [3.8, 4) is 0 Å². The molecule has 1 amide bonds. The molecule has 0 aliphatic rings. The molecule has 6 nitrogen and oxygen atoms in total. The number of fused-ring (bicyclic) bond motifs is 1. The molecule has 1 aromatic carbocycles. The third-order valence-corrected chi connectivity index (χ3v) is 3.08. The molecular weight excluding hydrogens is 296 g/mol. The summed E-state index contributed by atoms with van der Waals surface area (Å²) in [5.41, 5.74) is 0.882. The molecule has 1 aromatic heterocycles. The summed E-state index contributed by atoms with van der Waals surface area (Å²) in [6, 6.07) is 8.36. The summed E-state index contributed by atoms with van der Waals surface area (Å²) in [6.07, 6.45) is 1.00. The Morgan fingerprint density at radius 1 is 1.30 bits per heavy atom. The van der Waals surface area contributed by atoms with Gasteiger partial charge in [-0.2, -0.15) is 0 Å². The van der Waals surface area contributed by atoms with Gasteiger partial charge in [0.1, 0.15) is 11.6 Å². The largest absolute Gasteiger partial charge is 0.480 e. The lowest BCUT2D eigenvalue weighted by atomic mass is 10.1. The molecule has 1 atom stereocenters. The second kappa shape index (κ2) is 6.64. The van der Waals surface area contributed by atoms with Crippen LogP contribution >= 0.6 is 0 Å². The van der Waals surface area contributed by atoms with Crippen molar-refractivity contribution in [1.82, 2.24) is 10.3 Å². The first kappa shape index (κ1) is 16.7. The molecular formula is C17H20N2O4. The molecule has 0 saturated heterocycles. The van der Waals surface area contributed by atoms with Crippen LogP contribution in [0.2, 0.25) is 0 Å². The van der Waals surface area contributed by atoms with Crippen LogP contribution in [-0.2, 0) is 16.0 Å². The first-order valence-electron chi connectivity index (χ1n) is 7.30. The molecule has 23 heavy (non-hydrogen) atoms. The van der Waals surface area contributed by atoms with Crippen LogP contribution in [0.15, 0.2) is 36.5 Å². The Bertz CT molecular complexity index is 722. The number of aliphatic carboxylic acids is 1. The topological polar surface area (TPSA) is 88.5 Å². The Morgan fingerprint density at radius 3 is 2.65 bits per heavy atom. The van der Waals surface area contributed by atoms with Gasteiger partial charge < -0.3 is 15.2 Å². The number of pyridine rings is 1. The van der Waals surface area contributed by atoms with Crippen LogP contribution in [-0.4, -0.2) is 33.8 Å². The highest BCUT2D eigenvalue weighted by atomic mass is 16.6. The maximum atomic E-state index is 11.8. The van der Waals surface area contributed by atoms with Gasteiger partial charge in [0.05, 0.1) is 5.52 Å². The molecule has 0 radical (unpaired) electrons.